The summed E-state index contributed by atoms with van der Waals surface area (Å²) in [6.45, 7) is 6.39. The van der Waals surface area contributed by atoms with Crippen molar-refractivity contribution in [3.05, 3.63) is 22.2 Å². The molecule has 0 spiro atoms. The maximum absolute atomic E-state index is 6.80. The van der Waals surface area contributed by atoms with Crippen LogP contribution < -0.4 is 9.47 Å². The Morgan fingerprint density at radius 3 is 2.29 bits per heavy atom. The van der Waals surface area contributed by atoms with Crippen molar-refractivity contribution >= 4 is 27.5 Å². The second-order valence-electron chi connectivity index (χ2n) is 5.59. The minimum absolute atomic E-state index is 0.128. The van der Waals surface area contributed by atoms with Gasteiger partial charge in [0.1, 0.15) is 16.0 Å². The Kier molecular flexibility index (Phi) is 5.44. The van der Waals surface area contributed by atoms with Gasteiger partial charge in [0, 0.05) is 11.5 Å². The van der Waals surface area contributed by atoms with Gasteiger partial charge in [0.25, 0.3) is 0 Å². The molecule has 1 fully saturated rings. The highest BCUT2D eigenvalue weighted by Gasteiger charge is 2.42. The minimum Gasteiger partial charge on any atom is -0.495 e. The zero-order valence-corrected chi connectivity index (χ0v) is 15.4. The molecule has 1 aliphatic heterocycles. The fourth-order valence-electron chi connectivity index (χ4n) is 3.14. The highest BCUT2D eigenvalue weighted by Crippen LogP contribution is 2.49. The lowest BCUT2D eigenvalue weighted by atomic mass is 9.84. The number of ether oxygens (including phenoxy) is 3. The lowest BCUT2D eigenvalue weighted by molar-refractivity contribution is 0.0507. The molecule has 118 valence electrons. The summed E-state index contributed by atoms with van der Waals surface area (Å²) in [5.74, 6) is 2.11. The first-order valence-corrected chi connectivity index (χ1v) is 8.35. The second kappa shape index (κ2) is 6.76. The van der Waals surface area contributed by atoms with Crippen LogP contribution in [0.4, 0.5) is 0 Å². The van der Waals surface area contributed by atoms with Crippen molar-refractivity contribution in [2.24, 2.45) is 11.8 Å². The van der Waals surface area contributed by atoms with Crippen molar-refractivity contribution in [1.29, 1.82) is 0 Å². The average molecular weight is 378 g/mol. The summed E-state index contributed by atoms with van der Waals surface area (Å²) in [4.78, 5) is 0. The van der Waals surface area contributed by atoms with Crippen LogP contribution in [0.1, 0.15) is 31.7 Å². The van der Waals surface area contributed by atoms with Crippen LogP contribution in [0.2, 0.25) is 0 Å². The fraction of sp³-hybridized carbons (Fsp3) is 0.625. The molecule has 5 unspecified atom stereocenters. The van der Waals surface area contributed by atoms with E-state index in [1.807, 2.05) is 12.1 Å². The van der Waals surface area contributed by atoms with Crippen molar-refractivity contribution < 1.29 is 14.2 Å². The average Bonchev–Trinajstić information content (AvgIpc) is 2.71. The highest BCUT2D eigenvalue weighted by atomic mass is 79.9. The van der Waals surface area contributed by atoms with Crippen LogP contribution in [0.5, 0.6) is 11.5 Å². The third-order valence-corrected chi connectivity index (χ3v) is 5.75. The minimum atomic E-state index is -0.169. The van der Waals surface area contributed by atoms with Crippen molar-refractivity contribution in [3.63, 3.8) is 0 Å². The number of methoxy groups -OCH3 is 2. The van der Waals surface area contributed by atoms with Crippen molar-refractivity contribution in [2.45, 2.75) is 38.4 Å². The van der Waals surface area contributed by atoms with E-state index >= 15 is 0 Å². The SMILES string of the molecule is COc1ccc(C(Cl)C2C(C)OC(C)C2C)c(OC)c1Br. The molecule has 1 aromatic carbocycles. The van der Waals surface area contributed by atoms with Crippen LogP contribution in [0.3, 0.4) is 0 Å². The summed E-state index contributed by atoms with van der Waals surface area (Å²) in [5, 5.41) is -0.169. The van der Waals surface area contributed by atoms with E-state index in [-0.39, 0.29) is 23.5 Å². The second-order valence-corrected chi connectivity index (χ2v) is 6.85. The van der Waals surface area contributed by atoms with Gasteiger partial charge in [0.05, 0.1) is 31.8 Å². The monoisotopic (exact) mass is 376 g/mol. The Hall–Kier alpha value is -0.450. The summed E-state index contributed by atoms with van der Waals surface area (Å²) < 4.78 is 17.6. The number of alkyl halides is 1. The van der Waals surface area contributed by atoms with E-state index in [0.717, 1.165) is 21.5 Å². The molecule has 0 amide bonds. The van der Waals surface area contributed by atoms with Crippen molar-refractivity contribution in [2.75, 3.05) is 14.2 Å². The molecule has 1 heterocycles. The molecule has 5 atom stereocenters. The van der Waals surface area contributed by atoms with Gasteiger partial charge in [-0.05, 0) is 41.8 Å². The molecule has 3 nitrogen and oxygen atoms in total. The Morgan fingerprint density at radius 2 is 1.81 bits per heavy atom. The molecule has 1 aliphatic rings. The smallest absolute Gasteiger partial charge is 0.141 e. The summed E-state index contributed by atoms with van der Waals surface area (Å²) in [5.41, 5.74) is 0.966. The zero-order chi connectivity index (χ0) is 15.7. The standard InChI is InChI=1S/C16H22BrClO3/c1-8-9(2)21-10(3)13(8)15(18)11-6-7-12(19-4)14(17)16(11)20-5/h6-10,13,15H,1-5H3. The molecule has 0 aromatic heterocycles. The fourth-order valence-corrected chi connectivity index (χ4v) is 4.43. The summed E-state index contributed by atoms with van der Waals surface area (Å²) in [6, 6.07) is 3.88. The van der Waals surface area contributed by atoms with Gasteiger partial charge in [-0.15, -0.1) is 11.6 Å². The van der Waals surface area contributed by atoms with Crippen LogP contribution in [0, 0.1) is 11.8 Å². The quantitative estimate of drug-likeness (QED) is 0.705. The molecule has 0 aliphatic carbocycles. The Morgan fingerprint density at radius 1 is 1.14 bits per heavy atom. The Bertz CT molecular complexity index is 509. The van der Waals surface area contributed by atoms with Gasteiger partial charge in [-0.1, -0.05) is 13.0 Å². The molecule has 0 bridgehead atoms. The number of benzene rings is 1. The third kappa shape index (κ3) is 3.03. The highest BCUT2D eigenvalue weighted by molar-refractivity contribution is 9.10. The largest absolute Gasteiger partial charge is 0.495 e. The zero-order valence-electron chi connectivity index (χ0n) is 13.0. The predicted molar refractivity (Wildman–Crippen MR) is 88.5 cm³/mol. The van der Waals surface area contributed by atoms with Gasteiger partial charge in [-0.3, -0.25) is 0 Å². The number of halogens is 2. The summed E-state index contributed by atoms with van der Waals surface area (Å²) in [6.07, 6.45) is 0.349. The van der Waals surface area contributed by atoms with E-state index < -0.39 is 0 Å². The van der Waals surface area contributed by atoms with Gasteiger partial charge in [0.15, 0.2) is 0 Å². The normalized spacial score (nSPS) is 30.2. The van der Waals surface area contributed by atoms with Gasteiger partial charge in [-0.2, -0.15) is 0 Å². The molecule has 2 rings (SSSR count). The van der Waals surface area contributed by atoms with E-state index in [1.165, 1.54) is 0 Å². The summed E-state index contributed by atoms with van der Waals surface area (Å²) >= 11 is 10.3. The number of hydrogen-bond acceptors (Lipinski definition) is 3. The molecule has 1 aromatic rings. The third-order valence-electron chi connectivity index (χ3n) is 4.47. The van der Waals surface area contributed by atoms with E-state index in [1.54, 1.807) is 14.2 Å². The topological polar surface area (TPSA) is 27.7 Å². The van der Waals surface area contributed by atoms with Crippen LogP contribution in [-0.2, 0) is 4.74 Å². The molecule has 5 heteroatoms. The van der Waals surface area contributed by atoms with Crippen molar-refractivity contribution in [1.82, 2.24) is 0 Å². The molecular weight excluding hydrogens is 356 g/mol. The predicted octanol–water partition coefficient (Wildman–Crippen LogP) is 4.81. The van der Waals surface area contributed by atoms with Gasteiger partial charge < -0.3 is 14.2 Å². The first-order valence-electron chi connectivity index (χ1n) is 7.12. The molecule has 0 radical (unpaired) electrons. The molecule has 0 saturated carbocycles. The maximum Gasteiger partial charge on any atom is 0.141 e. The Balaban J connectivity index is 2.39. The van der Waals surface area contributed by atoms with E-state index in [4.69, 9.17) is 25.8 Å². The van der Waals surface area contributed by atoms with Crippen LogP contribution >= 0.6 is 27.5 Å². The lowest BCUT2D eigenvalue weighted by Gasteiger charge is -2.26. The summed E-state index contributed by atoms with van der Waals surface area (Å²) in [7, 11) is 3.28. The van der Waals surface area contributed by atoms with Crippen molar-refractivity contribution in [3.8, 4) is 11.5 Å². The van der Waals surface area contributed by atoms with Gasteiger partial charge in [-0.25, -0.2) is 0 Å². The number of rotatable bonds is 4. The molecule has 1 saturated heterocycles. The first kappa shape index (κ1) is 16.9. The van der Waals surface area contributed by atoms with E-state index in [9.17, 15) is 0 Å². The first-order chi connectivity index (χ1) is 9.92. The van der Waals surface area contributed by atoms with E-state index in [2.05, 4.69) is 36.7 Å². The molecular formula is C16H22BrClO3. The molecule has 0 N–H and O–H groups in total. The lowest BCUT2D eigenvalue weighted by Crippen LogP contribution is -2.22. The number of hydrogen-bond donors (Lipinski definition) is 0. The van der Waals surface area contributed by atoms with Gasteiger partial charge >= 0.3 is 0 Å². The van der Waals surface area contributed by atoms with Gasteiger partial charge in [0.2, 0.25) is 0 Å². The maximum atomic E-state index is 6.80. The Labute approximate surface area is 140 Å². The van der Waals surface area contributed by atoms with E-state index in [0.29, 0.717) is 5.92 Å². The van der Waals surface area contributed by atoms with Crippen LogP contribution in [-0.4, -0.2) is 26.4 Å². The van der Waals surface area contributed by atoms with Crippen LogP contribution in [0.25, 0.3) is 0 Å². The van der Waals surface area contributed by atoms with Crippen LogP contribution in [0.15, 0.2) is 16.6 Å². The molecule has 21 heavy (non-hydrogen) atoms.